The molecule has 1 fully saturated rings. The highest BCUT2D eigenvalue weighted by atomic mass is 35.5. The van der Waals surface area contributed by atoms with Crippen LogP contribution in [0, 0.1) is 6.92 Å². The minimum Gasteiger partial charge on any atom is -0.481 e. The van der Waals surface area contributed by atoms with Crippen molar-refractivity contribution in [1.29, 1.82) is 0 Å². The number of nitrogens with zero attached hydrogens (tertiary/aromatic N) is 2. The van der Waals surface area contributed by atoms with Gasteiger partial charge in [-0.1, -0.05) is 23.7 Å². The Bertz CT molecular complexity index is 1150. The number of hydrogen-bond donors (Lipinski definition) is 1. The van der Waals surface area contributed by atoms with Crippen molar-refractivity contribution in [2.24, 2.45) is 0 Å². The van der Waals surface area contributed by atoms with Gasteiger partial charge in [0.1, 0.15) is 0 Å². The number of carboxylic acids is 1. The summed E-state index contributed by atoms with van der Waals surface area (Å²) in [5, 5.41) is 8.73. The van der Waals surface area contributed by atoms with Crippen molar-refractivity contribution < 1.29 is 31.5 Å². The maximum atomic E-state index is 13.0. The first-order valence-corrected chi connectivity index (χ1v) is 12.6. The third-order valence-electron chi connectivity index (χ3n) is 5.91. The molecular formula is C23H26ClF3N2O4S. The van der Waals surface area contributed by atoms with Gasteiger partial charge in [-0.25, -0.2) is 8.42 Å². The van der Waals surface area contributed by atoms with Crippen LogP contribution in [0.25, 0.3) is 0 Å². The summed E-state index contributed by atoms with van der Waals surface area (Å²) in [6.07, 6.45) is -3.46. The number of aryl methyl sites for hydroxylation is 2. The van der Waals surface area contributed by atoms with Crippen LogP contribution in [0.2, 0.25) is 5.02 Å². The molecule has 1 aliphatic heterocycles. The van der Waals surface area contributed by atoms with Crippen molar-refractivity contribution in [2.75, 3.05) is 32.7 Å². The quantitative estimate of drug-likeness (QED) is 0.566. The summed E-state index contributed by atoms with van der Waals surface area (Å²) < 4.78 is 66.0. The lowest BCUT2D eigenvalue weighted by atomic mass is 10.1. The smallest absolute Gasteiger partial charge is 0.417 e. The van der Waals surface area contributed by atoms with Gasteiger partial charge in [-0.3, -0.25) is 4.79 Å². The average molecular weight is 519 g/mol. The van der Waals surface area contributed by atoms with Gasteiger partial charge < -0.3 is 10.0 Å². The molecule has 1 N–H and O–H groups in total. The van der Waals surface area contributed by atoms with E-state index in [4.69, 9.17) is 16.7 Å². The zero-order valence-corrected chi connectivity index (χ0v) is 20.2. The molecule has 0 atom stereocenters. The molecule has 0 bridgehead atoms. The van der Waals surface area contributed by atoms with Gasteiger partial charge in [-0.05, 0) is 67.3 Å². The summed E-state index contributed by atoms with van der Waals surface area (Å²) >= 11 is 5.77. The van der Waals surface area contributed by atoms with Gasteiger partial charge >= 0.3 is 12.1 Å². The topological polar surface area (TPSA) is 77.9 Å². The highest BCUT2D eigenvalue weighted by molar-refractivity contribution is 7.89. The Morgan fingerprint density at radius 1 is 1.09 bits per heavy atom. The van der Waals surface area contributed by atoms with E-state index >= 15 is 0 Å². The maximum absolute atomic E-state index is 13.0. The van der Waals surface area contributed by atoms with Crippen LogP contribution in [0.1, 0.15) is 28.7 Å². The van der Waals surface area contributed by atoms with Crippen molar-refractivity contribution in [3.05, 3.63) is 63.7 Å². The third-order valence-corrected chi connectivity index (χ3v) is 8.12. The first-order valence-electron chi connectivity index (χ1n) is 10.8. The summed E-state index contributed by atoms with van der Waals surface area (Å²) in [7, 11) is -3.74. The highest BCUT2D eigenvalue weighted by Crippen LogP contribution is 2.35. The molecule has 11 heteroatoms. The number of halogens is 4. The zero-order chi connectivity index (χ0) is 25.1. The lowest BCUT2D eigenvalue weighted by Crippen LogP contribution is -2.48. The molecule has 1 aliphatic rings. The number of benzene rings is 2. The molecule has 34 heavy (non-hydrogen) atoms. The first-order chi connectivity index (χ1) is 15.9. The Balaban J connectivity index is 1.53. The van der Waals surface area contributed by atoms with Gasteiger partial charge in [0, 0.05) is 26.2 Å². The molecule has 0 spiro atoms. The molecule has 186 valence electrons. The number of carbonyl (C=O) groups is 1. The van der Waals surface area contributed by atoms with Crippen molar-refractivity contribution in [2.45, 2.75) is 37.3 Å². The molecular weight excluding hydrogens is 493 g/mol. The Morgan fingerprint density at radius 2 is 1.76 bits per heavy atom. The van der Waals surface area contributed by atoms with Gasteiger partial charge in [-0.2, -0.15) is 17.5 Å². The number of piperazine rings is 1. The molecule has 1 heterocycles. The van der Waals surface area contributed by atoms with Crippen molar-refractivity contribution in [1.82, 2.24) is 9.21 Å². The summed E-state index contributed by atoms with van der Waals surface area (Å²) in [5.74, 6) is -1.02. The van der Waals surface area contributed by atoms with Crippen molar-refractivity contribution in [3.8, 4) is 0 Å². The van der Waals surface area contributed by atoms with E-state index in [9.17, 15) is 26.4 Å². The molecule has 0 amide bonds. The van der Waals surface area contributed by atoms with Crippen LogP contribution < -0.4 is 0 Å². The third kappa shape index (κ3) is 6.50. The van der Waals surface area contributed by atoms with E-state index in [0.29, 0.717) is 51.1 Å². The van der Waals surface area contributed by atoms with Gasteiger partial charge in [0.05, 0.1) is 21.9 Å². The lowest BCUT2D eigenvalue weighted by Gasteiger charge is -2.34. The average Bonchev–Trinajstić information content (AvgIpc) is 2.74. The standard InChI is InChI=1S/C23H26ClF3N2O4S/c1-16-4-6-19(14-18(16)15-22(30)31)34(32,33)29-11-9-28(10-12-29)8-2-3-17-5-7-20(21(24)13-17)23(25,26)27/h4-7,13-14H,2-3,8-12,15H2,1H3,(H,30,31). The fraction of sp³-hybridized carbons (Fsp3) is 0.435. The molecule has 0 saturated carbocycles. The number of hydrogen-bond acceptors (Lipinski definition) is 4. The van der Waals surface area contributed by atoms with E-state index in [1.54, 1.807) is 13.0 Å². The largest absolute Gasteiger partial charge is 0.481 e. The monoisotopic (exact) mass is 518 g/mol. The van der Waals surface area contributed by atoms with E-state index in [2.05, 4.69) is 4.90 Å². The number of sulfonamides is 1. The highest BCUT2D eigenvalue weighted by Gasteiger charge is 2.33. The number of rotatable bonds is 8. The molecule has 1 saturated heterocycles. The van der Waals surface area contributed by atoms with Crippen LogP contribution in [-0.2, 0) is 33.8 Å². The lowest BCUT2D eigenvalue weighted by molar-refractivity contribution is -0.138. The van der Waals surface area contributed by atoms with E-state index in [0.717, 1.165) is 17.2 Å². The first kappa shape index (κ1) is 26.5. The minimum absolute atomic E-state index is 0.0852. The predicted molar refractivity (Wildman–Crippen MR) is 122 cm³/mol. The summed E-state index contributed by atoms with van der Waals surface area (Å²) in [6.45, 7) is 4.08. The molecule has 0 unspecified atom stereocenters. The van der Waals surface area contributed by atoms with Crippen LogP contribution in [0.5, 0.6) is 0 Å². The van der Waals surface area contributed by atoms with E-state index in [1.165, 1.54) is 28.6 Å². The molecule has 0 aliphatic carbocycles. The van der Waals surface area contributed by atoms with Crippen LogP contribution in [0.3, 0.4) is 0 Å². The van der Waals surface area contributed by atoms with Crippen LogP contribution in [0.4, 0.5) is 13.2 Å². The van der Waals surface area contributed by atoms with Crippen molar-refractivity contribution in [3.63, 3.8) is 0 Å². The summed E-state index contributed by atoms with van der Waals surface area (Å²) in [6, 6.07) is 8.32. The second kappa shape index (κ2) is 10.6. The Hall–Kier alpha value is -2.14. The van der Waals surface area contributed by atoms with E-state index < -0.39 is 27.7 Å². The summed E-state index contributed by atoms with van der Waals surface area (Å²) in [4.78, 5) is 13.2. The molecule has 6 nitrogen and oxygen atoms in total. The molecule has 0 aromatic heterocycles. The normalized spacial score (nSPS) is 16.0. The van der Waals surface area contributed by atoms with Crippen LogP contribution >= 0.6 is 11.6 Å². The van der Waals surface area contributed by atoms with Gasteiger partial charge in [0.2, 0.25) is 10.0 Å². The Labute approximate surface area is 202 Å². The predicted octanol–water partition coefficient (Wildman–Crippen LogP) is 4.23. The van der Waals surface area contributed by atoms with Crippen molar-refractivity contribution >= 4 is 27.6 Å². The zero-order valence-electron chi connectivity index (χ0n) is 18.6. The van der Waals surface area contributed by atoms with Crippen LogP contribution in [-0.4, -0.2) is 61.4 Å². The molecule has 0 radical (unpaired) electrons. The number of carboxylic acid groups (broad SMARTS) is 1. The maximum Gasteiger partial charge on any atom is 0.417 e. The van der Waals surface area contributed by atoms with Gasteiger partial charge in [0.15, 0.2) is 0 Å². The molecule has 3 rings (SSSR count). The van der Waals surface area contributed by atoms with Crippen LogP contribution in [0.15, 0.2) is 41.3 Å². The number of aliphatic carboxylic acids is 1. The second-order valence-electron chi connectivity index (χ2n) is 8.32. The fourth-order valence-electron chi connectivity index (χ4n) is 3.96. The number of alkyl halides is 3. The second-order valence-corrected chi connectivity index (χ2v) is 10.7. The summed E-state index contributed by atoms with van der Waals surface area (Å²) in [5.41, 5.74) is 1.06. The molecule has 2 aromatic rings. The fourth-order valence-corrected chi connectivity index (χ4v) is 5.74. The SMILES string of the molecule is Cc1ccc(S(=O)(=O)N2CCN(CCCc3ccc(C(F)(F)F)c(Cl)c3)CC2)cc1CC(=O)O. The minimum atomic E-state index is -4.48. The van der Waals surface area contributed by atoms with E-state index in [-0.39, 0.29) is 16.3 Å². The Morgan fingerprint density at radius 3 is 2.35 bits per heavy atom. The molecule has 2 aromatic carbocycles. The van der Waals surface area contributed by atoms with E-state index in [1.807, 2.05) is 0 Å². The van der Waals surface area contributed by atoms with Gasteiger partial charge in [-0.15, -0.1) is 0 Å². The van der Waals surface area contributed by atoms with Gasteiger partial charge in [0.25, 0.3) is 0 Å². The Kier molecular flexibility index (Phi) is 8.28.